The fourth-order valence-corrected chi connectivity index (χ4v) is 1.84. The van der Waals surface area contributed by atoms with Gasteiger partial charge in [0.2, 0.25) is 5.91 Å². The molecule has 0 aliphatic carbocycles. The lowest BCUT2D eigenvalue weighted by Gasteiger charge is -2.31. The Hall–Kier alpha value is -2.37. The molecule has 3 N–H and O–H groups in total. The van der Waals surface area contributed by atoms with Crippen LogP contribution in [-0.4, -0.2) is 35.0 Å². The number of hydrogen-bond acceptors (Lipinski definition) is 3. The third-order valence-corrected chi connectivity index (χ3v) is 3.17. The maximum Gasteiger partial charge on any atom is 0.325 e. The van der Waals surface area contributed by atoms with E-state index in [1.165, 1.54) is 6.92 Å². The van der Waals surface area contributed by atoms with Crippen LogP contribution in [0.25, 0.3) is 0 Å². The lowest BCUT2D eigenvalue weighted by Crippen LogP contribution is -2.56. The van der Waals surface area contributed by atoms with E-state index < -0.39 is 29.4 Å². The first kappa shape index (κ1) is 17.7. The van der Waals surface area contributed by atoms with Gasteiger partial charge < -0.3 is 15.7 Å². The summed E-state index contributed by atoms with van der Waals surface area (Å²) in [5, 5.41) is 13.9. The number of carboxylic acid groups (broad SMARTS) is 1. The quantitative estimate of drug-likeness (QED) is 0.766. The van der Waals surface area contributed by atoms with Gasteiger partial charge in [-0.2, -0.15) is 0 Å². The first-order chi connectivity index (χ1) is 10.1. The molecule has 0 spiro atoms. The van der Waals surface area contributed by atoms with Crippen LogP contribution in [0.5, 0.6) is 0 Å². The Morgan fingerprint density at radius 2 is 1.59 bits per heavy atom. The number of carbonyl (C=O) groups is 3. The van der Waals surface area contributed by atoms with Crippen LogP contribution in [0.2, 0.25) is 0 Å². The van der Waals surface area contributed by atoms with Crippen molar-refractivity contribution in [2.75, 3.05) is 0 Å². The number of carboxylic acids is 1. The van der Waals surface area contributed by atoms with E-state index in [2.05, 4.69) is 10.6 Å². The van der Waals surface area contributed by atoms with Crippen molar-refractivity contribution in [3.8, 4) is 0 Å². The van der Waals surface area contributed by atoms with Crippen LogP contribution in [0.3, 0.4) is 0 Å². The van der Waals surface area contributed by atoms with Crippen LogP contribution in [0.1, 0.15) is 38.1 Å². The summed E-state index contributed by atoms with van der Waals surface area (Å²) in [6.45, 7) is 6.77. The van der Waals surface area contributed by atoms with E-state index in [-0.39, 0.29) is 5.91 Å². The van der Waals surface area contributed by atoms with Gasteiger partial charge in [-0.05, 0) is 24.5 Å². The van der Waals surface area contributed by atoms with Gasteiger partial charge in [0.25, 0.3) is 5.91 Å². The third kappa shape index (κ3) is 4.87. The van der Waals surface area contributed by atoms with E-state index in [9.17, 15) is 14.4 Å². The monoisotopic (exact) mass is 306 g/mol. The maximum atomic E-state index is 12.3. The summed E-state index contributed by atoms with van der Waals surface area (Å²) in [5.74, 6) is -2.03. The summed E-state index contributed by atoms with van der Waals surface area (Å²) in [5.41, 5.74) is -0.122. The van der Waals surface area contributed by atoms with E-state index in [0.717, 1.165) is 0 Å². The SMILES string of the molecule is C[C@H](NC(=O)[C@@H](NC(=O)c1ccccc1)C(C)(C)C)C(=O)O. The number of rotatable bonds is 5. The van der Waals surface area contributed by atoms with Gasteiger partial charge in [-0.3, -0.25) is 14.4 Å². The molecule has 0 aliphatic rings. The van der Waals surface area contributed by atoms with Crippen LogP contribution in [0.15, 0.2) is 30.3 Å². The number of benzene rings is 1. The number of aliphatic carboxylic acids is 1. The number of hydrogen-bond donors (Lipinski definition) is 3. The second-order valence-corrected chi connectivity index (χ2v) is 6.21. The Balaban J connectivity index is 2.88. The van der Waals surface area contributed by atoms with Crippen molar-refractivity contribution in [3.05, 3.63) is 35.9 Å². The molecule has 6 nitrogen and oxygen atoms in total. The predicted octanol–water partition coefficient (Wildman–Crippen LogP) is 1.42. The second kappa shape index (κ2) is 7.06. The number of carbonyl (C=O) groups excluding carboxylic acids is 2. The summed E-state index contributed by atoms with van der Waals surface area (Å²) in [6.07, 6.45) is 0. The van der Waals surface area contributed by atoms with Crippen molar-refractivity contribution < 1.29 is 19.5 Å². The molecule has 0 heterocycles. The summed E-state index contributed by atoms with van der Waals surface area (Å²) >= 11 is 0. The Morgan fingerprint density at radius 3 is 2.05 bits per heavy atom. The summed E-state index contributed by atoms with van der Waals surface area (Å²) in [6, 6.07) is 6.67. The molecule has 0 bridgehead atoms. The molecule has 0 unspecified atom stereocenters. The predicted molar refractivity (Wildman–Crippen MR) is 82.4 cm³/mol. The molecule has 6 heteroatoms. The second-order valence-electron chi connectivity index (χ2n) is 6.21. The molecule has 0 saturated carbocycles. The molecule has 1 aromatic carbocycles. The molecule has 0 aliphatic heterocycles. The van der Waals surface area contributed by atoms with E-state index in [1.54, 1.807) is 51.1 Å². The van der Waals surface area contributed by atoms with E-state index >= 15 is 0 Å². The van der Waals surface area contributed by atoms with Crippen molar-refractivity contribution in [1.29, 1.82) is 0 Å². The lowest BCUT2D eigenvalue weighted by atomic mass is 9.85. The van der Waals surface area contributed by atoms with Crippen LogP contribution in [-0.2, 0) is 9.59 Å². The molecule has 2 atom stereocenters. The van der Waals surface area contributed by atoms with Crippen LogP contribution in [0.4, 0.5) is 0 Å². The Bertz CT molecular complexity index is 549. The van der Waals surface area contributed by atoms with Crippen molar-refractivity contribution in [1.82, 2.24) is 10.6 Å². The third-order valence-electron chi connectivity index (χ3n) is 3.17. The molecule has 2 amide bonds. The normalized spacial score (nSPS) is 13.8. The fraction of sp³-hybridized carbons (Fsp3) is 0.438. The molecular formula is C16H22N2O4. The maximum absolute atomic E-state index is 12.3. The van der Waals surface area contributed by atoms with E-state index in [4.69, 9.17) is 5.11 Å². The van der Waals surface area contributed by atoms with Crippen LogP contribution >= 0.6 is 0 Å². The highest BCUT2D eigenvalue weighted by Crippen LogP contribution is 2.20. The molecule has 120 valence electrons. The van der Waals surface area contributed by atoms with Crippen molar-refractivity contribution >= 4 is 17.8 Å². The van der Waals surface area contributed by atoms with E-state index in [1.807, 2.05) is 0 Å². The standard InChI is InChI=1S/C16H22N2O4/c1-10(15(21)22)17-14(20)12(16(2,3)4)18-13(19)11-8-6-5-7-9-11/h5-10,12H,1-4H3,(H,17,20)(H,18,19)(H,21,22)/t10-,12+/m0/s1. The minimum atomic E-state index is -1.13. The van der Waals surface area contributed by atoms with Gasteiger partial charge in [0.15, 0.2) is 0 Å². The fourth-order valence-electron chi connectivity index (χ4n) is 1.84. The number of nitrogens with one attached hydrogen (secondary N) is 2. The number of amides is 2. The summed E-state index contributed by atoms with van der Waals surface area (Å²) in [7, 11) is 0. The average molecular weight is 306 g/mol. The highest BCUT2D eigenvalue weighted by atomic mass is 16.4. The summed E-state index contributed by atoms with van der Waals surface area (Å²) < 4.78 is 0. The zero-order chi connectivity index (χ0) is 16.9. The van der Waals surface area contributed by atoms with E-state index in [0.29, 0.717) is 5.56 Å². The van der Waals surface area contributed by atoms with Gasteiger partial charge >= 0.3 is 5.97 Å². The zero-order valence-corrected chi connectivity index (χ0v) is 13.2. The zero-order valence-electron chi connectivity index (χ0n) is 13.2. The first-order valence-electron chi connectivity index (χ1n) is 7.02. The molecule has 0 fully saturated rings. The Labute approximate surface area is 129 Å². The van der Waals surface area contributed by atoms with Gasteiger partial charge in [0, 0.05) is 5.56 Å². The average Bonchev–Trinajstić information content (AvgIpc) is 2.43. The molecule has 0 radical (unpaired) electrons. The summed E-state index contributed by atoms with van der Waals surface area (Å²) in [4.78, 5) is 35.3. The smallest absolute Gasteiger partial charge is 0.325 e. The largest absolute Gasteiger partial charge is 0.480 e. The molecule has 22 heavy (non-hydrogen) atoms. The van der Waals surface area contributed by atoms with Crippen molar-refractivity contribution in [3.63, 3.8) is 0 Å². The van der Waals surface area contributed by atoms with Gasteiger partial charge in [-0.25, -0.2) is 0 Å². The van der Waals surface area contributed by atoms with Crippen LogP contribution in [0, 0.1) is 5.41 Å². The highest BCUT2D eigenvalue weighted by molar-refractivity contribution is 5.98. The highest BCUT2D eigenvalue weighted by Gasteiger charge is 2.34. The Morgan fingerprint density at radius 1 is 1.05 bits per heavy atom. The van der Waals surface area contributed by atoms with Gasteiger partial charge in [-0.1, -0.05) is 39.0 Å². The first-order valence-corrected chi connectivity index (χ1v) is 7.02. The topological polar surface area (TPSA) is 95.5 Å². The van der Waals surface area contributed by atoms with Gasteiger partial charge in [-0.15, -0.1) is 0 Å². The molecular weight excluding hydrogens is 284 g/mol. The van der Waals surface area contributed by atoms with Gasteiger partial charge in [0.1, 0.15) is 12.1 Å². The minimum Gasteiger partial charge on any atom is -0.480 e. The van der Waals surface area contributed by atoms with Crippen molar-refractivity contribution in [2.45, 2.75) is 39.8 Å². The molecule has 1 aromatic rings. The lowest BCUT2D eigenvalue weighted by molar-refractivity contribution is -0.142. The molecule has 0 aromatic heterocycles. The van der Waals surface area contributed by atoms with Crippen LogP contribution < -0.4 is 10.6 Å². The molecule has 0 saturated heterocycles. The minimum absolute atomic E-state index is 0.376. The molecule has 1 rings (SSSR count). The van der Waals surface area contributed by atoms with Gasteiger partial charge in [0.05, 0.1) is 0 Å². The van der Waals surface area contributed by atoms with Crippen molar-refractivity contribution in [2.24, 2.45) is 5.41 Å². The Kier molecular flexibility index (Phi) is 5.68.